The molecule has 2 N–H and O–H groups in total. The van der Waals surface area contributed by atoms with E-state index in [-0.39, 0.29) is 12.3 Å². The first-order chi connectivity index (χ1) is 18.1. The van der Waals surface area contributed by atoms with E-state index in [2.05, 4.69) is 44.5 Å². The third kappa shape index (κ3) is 7.94. The first kappa shape index (κ1) is 28.5. The lowest BCUT2D eigenvalue weighted by atomic mass is 10.1. The number of nitrogens with zero attached hydrogens (tertiary/aromatic N) is 2. The summed E-state index contributed by atoms with van der Waals surface area (Å²) in [4.78, 5) is 24.1. The zero-order valence-corrected chi connectivity index (χ0v) is 22.0. The van der Waals surface area contributed by atoms with E-state index in [9.17, 15) is 28.0 Å². The molecule has 8 nitrogen and oxygen atoms in total. The molecule has 0 atom stereocenters. The van der Waals surface area contributed by atoms with Gasteiger partial charge in [0.1, 0.15) is 13.0 Å². The number of carbonyl (C=O) groups excluding carboxylic acids is 2. The van der Waals surface area contributed by atoms with Crippen molar-refractivity contribution in [2.75, 3.05) is 12.4 Å². The molecule has 0 aliphatic rings. The maximum absolute atomic E-state index is 12.8. The molecule has 0 unspecified atom stereocenters. The molecule has 0 radical (unpaired) electrons. The van der Waals surface area contributed by atoms with Crippen LogP contribution in [0.4, 0.5) is 18.9 Å². The molecule has 0 spiro atoms. The number of amides is 2. The number of benzene rings is 3. The second-order valence-electron chi connectivity index (χ2n) is 7.69. The Kier molecular flexibility index (Phi) is 9.66. The Bertz CT molecular complexity index is 1400. The van der Waals surface area contributed by atoms with Crippen LogP contribution in [0, 0.1) is 14.9 Å². The molecule has 12 heteroatoms. The molecule has 0 bridgehead atoms. The van der Waals surface area contributed by atoms with Gasteiger partial charge in [0.15, 0.2) is 11.5 Å². The smallest absolute Gasteiger partial charge is 0.416 e. The van der Waals surface area contributed by atoms with Crippen LogP contribution < -0.4 is 20.2 Å². The van der Waals surface area contributed by atoms with E-state index in [4.69, 9.17) is 9.47 Å². The highest BCUT2D eigenvalue weighted by Gasteiger charge is 2.30. The molecule has 0 aliphatic carbocycles. The lowest BCUT2D eigenvalue weighted by Gasteiger charge is -2.14. The summed E-state index contributed by atoms with van der Waals surface area (Å²) >= 11 is 2.05. The normalized spacial score (nSPS) is 11.1. The minimum atomic E-state index is -4.56. The number of hydrazone groups is 1. The average molecular weight is 636 g/mol. The first-order valence-electron chi connectivity index (χ1n) is 10.9. The topological polar surface area (TPSA) is 113 Å². The van der Waals surface area contributed by atoms with Crippen molar-refractivity contribution in [1.82, 2.24) is 5.43 Å². The van der Waals surface area contributed by atoms with E-state index in [1.54, 1.807) is 30.3 Å². The molecule has 196 valence electrons. The van der Waals surface area contributed by atoms with Gasteiger partial charge in [-0.1, -0.05) is 24.3 Å². The largest absolute Gasteiger partial charge is 0.493 e. The van der Waals surface area contributed by atoms with Crippen molar-refractivity contribution in [3.63, 3.8) is 0 Å². The first-order valence-corrected chi connectivity index (χ1v) is 12.0. The van der Waals surface area contributed by atoms with E-state index in [1.165, 1.54) is 19.4 Å². The number of rotatable bonds is 9. The number of ether oxygens (including phenoxy) is 2. The molecule has 0 fully saturated rings. The van der Waals surface area contributed by atoms with Gasteiger partial charge < -0.3 is 14.8 Å². The van der Waals surface area contributed by atoms with Gasteiger partial charge >= 0.3 is 6.18 Å². The number of hydrogen-bond donors (Lipinski definition) is 2. The van der Waals surface area contributed by atoms with Gasteiger partial charge in [0.2, 0.25) is 11.8 Å². The highest BCUT2D eigenvalue weighted by molar-refractivity contribution is 14.1. The second kappa shape index (κ2) is 12.9. The number of halogens is 4. The summed E-state index contributed by atoms with van der Waals surface area (Å²) in [6.45, 7) is 0.155. The van der Waals surface area contributed by atoms with Gasteiger partial charge in [-0.2, -0.15) is 23.5 Å². The molecular weight excluding hydrogens is 616 g/mol. The predicted molar refractivity (Wildman–Crippen MR) is 142 cm³/mol. The molecule has 3 aromatic rings. The fourth-order valence-electron chi connectivity index (χ4n) is 3.20. The van der Waals surface area contributed by atoms with Crippen LogP contribution in [0.3, 0.4) is 0 Å². The Morgan fingerprint density at radius 1 is 1.11 bits per heavy atom. The molecular formula is C26H20F3IN4O4. The third-order valence-electron chi connectivity index (χ3n) is 4.96. The number of anilines is 1. The third-order valence-corrected chi connectivity index (χ3v) is 5.76. The van der Waals surface area contributed by atoms with Crippen LogP contribution in [0.2, 0.25) is 0 Å². The maximum atomic E-state index is 12.8. The van der Waals surface area contributed by atoms with Gasteiger partial charge in [0.25, 0.3) is 0 Å². The van der Waals surface area contributed by atoms with Crippen LogP contribution in [0.15, 0.2) is 65.8 Å². The molecule has 0 heterocycles. The van der Waals surface area contributed by atoms with Crippen LogP contribution in [-0.4, -0.2) is 25.1 Å². The summed E-state index contributed by atoms with van der Waals surface area (Å²) in [5, 5.41) is 15.3. The Hall–Kier alpha value is -4.12. The lowest BCUT2D eigenvalue weighted by Crippen LogP contribution is -2.24. The van der Waals surface area contributed by atoms with Crippen LogP contribution >= 0.6 is 22.6 Å². The Labute approximate surface area is 229 Å². The Balaban J connectivity index is 1.58. The van der Waals surface area contributed by atoms with Crippen molar-refractivity contribution in [1.29, 1.82) is 5.26 Å². The van der Waals surface area contributed by atoms with Gasteiger partial charge in [-0.15, -0.1) is 0 Å². The van der Waals surface area contributed by atoms with E-state index in [1.807, 2.05) is 6.07 Å². The zero-order chi connectivity index (χ0) is 27.7. The van der Waals surface area contributed by atoms with Gasteiger partial charge in [-0.05, 0) is 64.6 Å². The molecule has 38 heavy (non-hydrogen) atoms. The van der Waals surface area contributed by atoms with Crippen molar-refractivity contribution < 1.29 is 32.2 Å². The summed E-state index contributed by atoms with van der Waals surface area (Å²) in [7, 11) is 1.47. The van der Waals surface area contributed by atoms with E-state index < -0.39 is 30.0 Å². The summed E-state index contributed by atoms with van der Waals surface area (Å²) < 4.78 is 50.4. The van der Waals surface area contributed by atoms with Crippen LogP contribution in [-0.2, 0) is 22.4 Å². The highest BCUT2D eigenvalue weighted by Crippen LogP contribution is 2.34. The second-order valence-corrected chi connectivity index (χ2v) is 8.85. The maximum Gasteiger partial charge on any atom is 0.416 e. The standard InChI is InChI=1S/C26H20F3IN4O4/c1-37-22-10-16(9-21(30)25(22)38-15-18-6-3-2-5-17(18)13-31)14-32-34-24(36)12-23(35)33-20-8-4-7-19(11-20)26(27,28)29/h2-11,14H,12,15H2,1H3,(H,33,35)(H,34,36). The number of nitrogens with one attached hydrogen (secondary N) is 2. The molecule has 3 rings (SSSR count). The van der Waals surface area contributed by atoms with E-state index in [0.717, 1.165) is 23.8 Å². The zero-order valence-electron chi connectivity index (χ0n) is 19.8. The van der Waals surface area contributed by atoms with Crippen LogP contribution in [0.1, 0.15) is 28.7 Å². The van der Waals surface area contributed by atoms with Crippen molar-refractivity contribution >= 4 is 46.3 Å². The minimum Gasteiger partial charge on any atom is -0.493 e. The predicted octanol–water partition coefficient (Wildman–Crippen LogP) is 5.25. The Morgan fingerprint density at radius 3 is 2.58 bits per heavy atom. The Morgan fingerprint density at radius 2 is 1.87 bits per heavy atom. The molecule has 0 aromatic heterocycles. The fourth-order valence-corrected chi connectivity index (χ4v) is 3.98. The SMILES string of the molecule is COc1cc(C=NNC(=O)CC(=O)Nc2cccc(C(F)(F)F)c2)cc(I)c1OCc1ccccc1C#N. The summed E-state index contributed by atoms with van der Waals surface area (Å²) in [5.74, 6) is -0.691. The highest BCUT2D eigenvalue weighted by atomic mass is 127. The fraction of sp³-hybridized carbons (Fsp3) is 0.154. The monoisotopic (exact) mass is 636 g/mol. The number of carbonyl (C=O) groups is 2. The molecule has 0 aliphatic heterocycles. The van der Waals surface area contributed by atoms with E-state index in [0.29, 0.717) is 26.2 Å². The van der Waals surface area contributed by atoms with Gasteiger partial charge in [-0.3, -0.25) is 9.59 Å². The molecule has 0 saturated heterocycles. The van der Waals surface area contributed by atoms with Gasteiger partial charge in [0, 0.05) is 11.3 Å². The van der Waals surface area contributed by atoms with Crippen molar-refractivity contribution in [3.8, 4) is 17.6 Å². The average Bonchev–Trinajstić information content (AvgIpc) is 2.87. The number of alkyl halides is 3. The summed E-state index contributed by atoms with van der Waals surface area (Å²) in [6.07, 6.45) is -3.87. The lowest BCUT2D eigenvalue weighted by molar-refractivity contribution is -0.137. The summed E-state index contributed by atoms with van der Waals surface area (Å²) in [6, 6.07) is 16.6. The quantitative estimate of drug-likeness (QED) is 0.144. The van der Waals surface area contributed by atoms with Crippen LogP contribution in [0.5, 0.6) is 11.5 Å². The van der Waals surface area contributed by atoms with Crippen molar-refractivity contribution in [2.24, 2.45) is 5.10 Å². The summed E-state index contributed by atoms with van der Waals surface area (Å²) in [5.41, 5.74) is 2.98. The van der Waals surface area contributed by atoms with Crippen molar-refractivity contribution in [2.45, 2.75) is 19.2 Å². The molecule has 2 amide bonds. The van der Waals surface area contributed by atoms with Gasteiger partial charge in [0.05, 0.1) is 34.1 Å². The minimum absolute atomic E-state index is 0.0822. The van der Waals surface area contributed by atoms with E-state index >= 15 is 0 Å². The molecule has 3 aromatic carbocycles. The number of nitriles is 1. The van der Waals surface area contributed by atoms with Crippen LogP contribution in [0.25, 0.3) is 0 Å². The number of methoxy groups -OCH3 is 1. The van der Waals surface area contributed by atoms with Gasteiger partial charge in [-0.25, -0.2) is 5.43 Å². The molecule has 0 saturated carbocycles. The van der Waals surface area contributed by atoms with Crippen molar-refractivity contribution in [3.05, 3.63) is 86.5 Å². The number of hydrogen-bond acceptors (Lipinski definition) is 6.